The van der Waals surface area contributed by atoms with Crippen LogP contribution in [0.2, 0.25) is 0 Å². The van der Waals surface area contributed by atoms with Crippen LogP contribution in [0.1, 0.15) is 40.0 Å². The van der Waals surface area contributed by atoms with E-state index in [1.165, 1.54) is 18.4 Å². The number of allylic oxidation sites excluding steroid dienone is 1. The van der Waals surface area contributed by atoms with Crippen molar-refractivity contribution in [2.24, 2.45) is 11.7 Å². The first kappa shape index (κ1) is 8.79. The van der Waals surface area contributed by atoms with Gasteiger partial charge >= 0.3 is 0 Å². The van der Waals surface area contributed by atoms with Gasteiger partial charge in [0.2, 0.25) is 0 Å². The van der Waals surface area contributed by atoms with E-state index in [0.29, 0.717) is 12.0 Å². The van der Waals surface area contributed by atoms with Gasteiger partial charge in [-0.25, -0.2) is 0 Å². The molecule has 2 N–H and O–H groups in total. The summed E-state index contributed by atoms with van der Waals surface area (Å²) < 4.78 is 0. The number of rotatable bonds is 3. The summed E-state index contributed by atoms with van der Waals surface area (Å²) in [5.41, 5.74) is 9.17. The van der Waals surface area contributed by atoms with Crippen molar-refractivity contribution in [1.29, 1.82) is 0 Å². The summed E-state index contributed by atoms with van der Waals surface area (Å²) >= 11 is 0. The van der Waals surface area contributed by atoms with E-state index in [0.717, 1.165) is 6.42 Å². The molecule has 0 saturated heterocycles. The largest absolute Gasteiger partial charge is 0.324 e. The maximum Gasteiger partial charge on any atom is 0.0256 e. The highest BCUT2D eigenvalue weighted by Gasteiger charge is 2.22. The number of hydrogen-bond acceptors (Lipinski definition) is 1. The lowest BCUT2D eigenvalue weighted by Gasteiger charge is -2.17. The predicted molar refractivity (Wildman–Crippen MR) is 49.4 cm³/mol. The van der Waals surface area contributed by atoms with E-state index in [2.05, 4.69) is 20.8 Å². The van der Waals surface area contributed by atoms with Gasteiger partial charge in [-0.15, -0.1) is 0 Å². The molecular formula is C10H19N. The molecule has 0 bridgehead atoms. The average molecular weight is 153 g/mol. The van der Waals surface area contributed by atoms with Crippen molar-refractivity contribution in [3.05, 3.63) is 11.1 Å². The molecule has 64 valence electrons. The Hall–Kier alpha value is -0.300. The molecule has 1 fully saturated rings. The maximum atomic E-state index is 6.00. The normalized spacial score (nSPS) is 18.8. The smallest absolute Gasteiger partial charge is 0.0256 e. The van der Waals surface area contributed by atoms with Gasteiger partial charge in [0, 0.05) is 6.04 Å². The summed E-state index contributed by atoms with van der Waals surface area (Å²) in [4.78, 5) is 0. The van der Waals surface area contributed by atoms with Crippen molar-refractivity contribution in [2.75, 3.05) is 0 Å². The lowest BCUT2D eigenvalue weighted by Crippen LogP contribution is -2.24. The minimum atomic E-state index is 0.326. The van der Waals surface area contributed by atoms with Gasteiger partial charge in [-0.05, 0) is 25.2 Å². The molecule has 0 aromatic rings. The maximum absolute atomic E-state index is 6.00. The van der Waals surface area contributed by atoms with Crippen molar-refractivity contribution in [1.82, 2.24) is 0 Å². The van der Waals surface area contributed by atoms with Crippen LogP contribution in [0.25, 0.3) is 0 Å². The number of hydrogen-bond donors (Lipinski definition) is 1. The zero-order valence-electron chi connectivity index (χ0n) is 7.85. The minimum Gasteiger partial charge on any atom is -0.324 e. The van der Waals surface area contributed by atoms with Crippen molar-refractivity contribution in [2.45, 2.75) is 46.1 Å². The Kier molecular flexibility index (Phi) is 2.72. The second-order valence-corrected chi connectivity index (χ2v) is 3.73. The standard InChI is InChI=1S/C10H19N/c1-4-9(11)10(7(2)3)8-5-6-8/h7,9H,4-6,11H2,1-3H3. The lowest BCUT2D eigenvalue weighted by atomic mass is 9.93. The molecule has 1 unspecified atom stereocenters. The Morgan fingerprint density at radius 2 is 2.00 bits per heavy atom. The highest BCUT2D eigenvalue weighted by Crippen LogP contribution is 2.36. The van der Waals surface area contributed by atoms with Gasteiger partial charge in [0.15, 0.2) is 0 Å². The SMILES string of the molecule is CCC(N)C(=C1CC1)C(C)C. The molecule has 0 heterocycles. The zero-order valence-corrected chi connectivity index (χ0v) is 7.85. The zero-order chi connectivity index (χ0) is 8.43. The van der Waals surface area contributed by atoms with E-state index in [1.807, 2.05) is 0 Å². The monoisotopic (exact) mass is 153 g/mol. The summed E-state index contributed by atoms with van der Waals surface area (Å²) in [6.45, 7) is 6.66. The van der Waals surface area contributed by atoms with Crippen LogP contribution in [0.5, 0.6) is 0 Å². The molecule has 1 atom stereocenters. The Labute approximate surface area is 69.7 Å². The Balaban J connectivity index is 2.68. The van der Waals surface area contributed by atoms with Gasteiger partial charge in [-0.1, -0.05) is 31.9 Å². The van der Waals surface area contributed by atoms with Crippen LogP contribution in [-0.2, 0) is 0 Å². The average Bonchev–Trinajstić information content (AvgIpc) is 2.71. The van der Waals surface area contributed by atoms with Gasteiger partial charge in [0.1, 0.15) is 0 Å². The molecule has 0 aromatic carbocycles. The first-order valence-electron chi connectivity index (χ1n) is 4.64. The van der Waals surface area contributed by atoms with Crippen LogP contribution >= 0.6 is 0 Å². The molecule has 0 aliphatic heterocycles. The van der Waals surface area contributed by atoms with Gasteiger partial charge < -0.3 is 5.73 Å². The molecule has 1 heteroatoms. The van der Waals surface area contributed by atoms with Crippen molar-refractivity contribution in [3.8, 4) is 0 Å². The lowest BCUT2D eigenvalue weighted by molar-refractivity contribution is 0.624. The summed E-state index contributed by atoms with van der Waals surface area (Å²) in [6, 6.07) is 0.326. The van der Waals surface area contributed by atoms with E-state index in [-0.39, 0.29) is 0 Å². The summed E-state index contributed by atoms with van der Waals surface area (Å²) in [5, 5.41) is 0. The highest BCUT2D eigenvalue weighted by molar-refractivity contribution is 5.29. The Morgan fingerprint density at radius 1 is 1.45 bits per heavy atom. The number of nitrogens with two attached hydrogens (primary N) is 1. The first-order chi connectivity index (χ1) is 5.16. The van der Waals surface area contributed by atoms with Crippen molar-refractivity contribution in [3.63, 3.8) is 0 Å². The molecule has 1 rings (SSSR count). The summed E-state index contributed by atoms with van der Waals surface area (Å²) in [6.07, 6.45) is 3.69. The molecule has 0 aromatic heterocycles. The van der Waals surface area contributed by atoms with E-state index >= 15 is 0 Å². The first-order valence-corrected chi connectivity index (χ1v) is 4.64. The molecular weight excluding hydrogens is 134 g/mol. The van der Waals surface area contributed by atoms with E-state index in [4.69, 9.17) is 5.73 Å². The van der Waals surface area contributed by atoms with Crippen LogP contribution in [0.15, 0.2) is 11.1 Å². The fourth-order valence-corrected chi connectivity index (χ4v) is 1.67. The van der Waals surface area contributed by atoms with Crippen LogP contribution in [0, 0.1) is 5.92 Å². The van der Waals surface area contributed by atoms with Gasteiger partial charge in [-0.2, -0.15) is 0 Å². The summed E-state index contributed by atoms with van der Waals surface area (Å²) in [5.74, 6) is 0.655. The highest BCUT2D eigenvalue weighted by atomic mass is 14.6. The molecule has 11 heavy (non-hydrogen) atoms. The Morgan fingerprint density at radius 3 is 2.27 bits per heavy atom. The molecule has 1 aliphatic carbocycles. The Bertz CT molecular complexity index is 162. The molecule has 0 spiro atoms. The van der Waals surface area contributed by atoms with E-state index < -0.39 is 0 Å². The van der Waals surface area contributed by atoms with Gasteiger partial charge in [0.25, 0.3) is 0 Å². The van der Waals surface area contributed by atoms with Crippen LogP contribution in [0.4, 0.5) is 0 Å². The third kappa shape index (κ3) is 2.06. The third-order valence-corrected chi connectivity index (χ3v) is 2.37. The van der Waals surface area contributed by atoms with Crippen molar-refractivity contribution < 1.29 is 0 Å². The molecule has 1 nitrogen and oxygen atoms in total. The topological polar surface area (TPSA) is 26.0 Å². The molecule has 0 radical (unpaired) electrons. The van der Waals surface area contributed by atoms with Crippen LogP contribution in [0.3, 0.4) is 0 Å². The second-order valence-electron chi connectivity index (χ2n) is 3.73. The van der Waals surface area contributed by atoms with Crippen molar-refractivity contribution >= 4 is 0 Å². The second kappa shape index (κ2) is 3.40. The van der Waals surface area contributed by atoms with E-state index in [9.17, 15) is 0 Å². The quantitative estimate of drug-likeness (QED) is 0.619. The third-order valence-electron chi connectivity index (χ3n) is 2.37. The molecule has 0 amide bonds. The fourth-order valence-electron chi connectivity index (χ4n) is 1.67. The van der Waals surface area contributed by atoms with E-state index in [1.54, 1.807) is 5.57 Å². The van der Waals surface area contributed by atoms with Crippen LogP contribution < -0.4 is 5.73 Å². The fraction of sp³-hybridized carbons (Fsp3) is 0.800. The van der Waals surface area contributed by atoms with Gasteiger partial charge in [0.05, 0.1) is 0 Å². The minimum absolute atomic E-state index is 0.326. The molecule has 1 aliphatic rings. The van der Waals surface area contributed by atoms with Crippen LogP contribution in [-0.4, -0.2) is 6.04 Å². The molecule has 1 saturated carbocycles. The predicted octanol–water partition coefficient (Wildman–Crippen LogP) is 2.47. The van der Waals surface area contributed by atoms with Gasteiger partial charge in [-0.3, -0.25) is 0 Å². The summed E-state index contributed by atoms with van der Waals surface area (Å²) in [7, 11) is 0.